The monoisotopic (exact) mass is 469 g/mol. The molecule has 0 radical (unpaired) electrons. The van der Waals surface area contributed by atoms with E-state index in [0.29, 0.717) is 22.6 Å². The maximum atomic E-state index is 12.6. The zero-order valence-corrected chi connectivity index (χ0v) is 18.9. The lowest BCUT2D eigenvalue weighted by Crippen LogP contribution is -2.56. The third-order valence-corrected chi connectivity index (χ3v) is 5.52. The van der Waals surface area contributed by atoms with E-state index in [1.165, 1.54) is 18.1 Å². The number of likely N-dealkylation sites (N-methyl/N-ethyl adjacent to an activating group) is 1. The summed E-state index contributed by atoms with van der Waals surface area (Å²) in [6, 6.07) is 11.6. The molecule has 2 aromatic rings. The second-order valence-corrected chi connectivity index (χ2v) is 8.31. The topological polar surface area (TPSA) is 116 Å². The van der Waals surface area contributed by atoms with Crippen molar-refractivity contribution in [3.63, 3.8) is 0 Å². The molecule has 0 fully saturated rings. The molecule has 9 heteroatoms. The summed E-state index contributed by atoms with van der Waals surface area (Å²) in [6.45, 7) is 1.55. The number of urea groups is 1. The van der Waals surface area contributed by atoms with Gasteiger partial charge in [0.25, 0.3) is 5.91 Å². The fraction of sp³-hybridized carbons (Fsp3) is 0.250. The highest BCUT2D eigenvalue weighted by Gasteiger charge is 2.35. The summed E-state index contributed by atoms with van der Waals surface area (Å²) in [5, 5.41) is 15.0. The van der Waals surface area contributed by atoms with Gasteiger partial charge in [-0.3, -0.25) is 14.4 Å². The summed E-state index contributed by atoms with van der Waals surface area (Å²) in [5.41, 5.74) is 2.87. The summed E-state index contributed by atoms with van der Waals surface area (Å²) in [5.74, 6) is -2.18. The smallest absolute Gasteiger partial charge is 0.316 e. The molecule has 3 amide bonds. The molecule has 1 aliphatic heterocycles. The Kier molecular flexibility index (Phi) is 7.50. The molecule has 1 aliphatic rings. The highest BCUT2D eigenvalue weighted by molar-refractivity contribution is 6.30. The van der Waals surface area contributed by atoms with Crippen LogP contribution in [-0.4, -0.2) is 46.8 Å². The number of nitrogens with one attached hydrogen (secondary N) is 2. The van der Waals surface area contributed by atoms with Crippen molar-refractivity contribution in [3.8, 4) is 0 Å². The third kappa shape index (κ3) is 6.20. The SMILES string of the molecule is CC1=CN(C)C(=O)C(NC(=O)NC(CC(=O)O)c2cccc(Cc3ccc(Cl)cc3)c2)C1=O. The normalized spacial score (nSPS) is 16.8. The van der Waals surface area contributed by atoms with Gasteiger partial charge in [-0.1, -0.05) is 48.0 Å². The van der Waals surface area contributed by atoms with Gasteiger partial charge in [0.1, 0.15) is 0 Å². The number of ketones is 1. The molecule has 2 aromatic carbocycles. The molecule has 0 saturated carbocycles. The number of hydrogen-bond acceptors (Lipinski definition) is 4. The Hall–Kier alpha value is -3.65. The van der Waals surface area contributed by atoms with Crippen LogP contribution in [0.3, 0.4) is 0 Å². The number of rotatable bonds is 7. The van der Waals surface area contributed by atoms with Gasteiger partial charge >= 0.3 is 12.0 Å². The van der Waals surface area contributed by atoms with E-state index in [1.807, 2.05) is 24.3 Å². The molecule has 8 nitrogen and oxygen atoms in total. The predicted molar refractivity (Wildman–Crippen MR) is 123 cm³/mol. The van der Waals surface area contributed by atoms with E-state index in [0.717, 1.165) is 11.1 Å². The average molecular weight is 470 g/mol. The van der Waals surface area contributed by atoms with E-state index in [2.05, 4.69) is 10.6 Å². The second kappa shape index (κ2) is 10.3. The van der Waals surface area contributed by atoms with Crippen molar-refractivity contribution >= 4 is 35.3 Å². The number of nitrogens with zero attached hydrogens (tertiary/aromatic N) is 1. The minimum atomic E-state index is -1.36. The highest BCUT2D eigenvalue weighted by atomic mass is 35.5. The molecule has 3 N–H and O–H groups in total. The standard InChI is InChI=1S/C24H24ClN3O5/c1-14-13-28(2)23(32)21(22(14)31)27-24(33)26-19(12-20(29)30)17-5-3-4-16(11-17)10-15-6-8-18(25)9-7-15/h3-9,11,13,19,21H,10,12H2,1-2H3,(H,29,30)(H2,26,27,33). The molecule has 0 spiro atoms. The van der Waals surface area contributed by atoms with Gasteiger partial charge in [-0.15, -0.1) is 0 Å². The van der Waals surface area contributed by atoms with Crippen LogP contribution < -0.4 is 10.6 Å². The van der Waals surface area contributed by atoms with E-state index in [1.54, 1.807) is 31.2 Å². The van der Waals surface area contributed by atoms with Crippen LogP contribution in [0.1, 0.15) is 36.1 Å². The molecule has 0 aromatic heterocycles. The summed E-state index contributed by atoms with van der Waals surface area (Å²) in [4.78, 5) is 49.9. The first kappa shape index (κ1) is 24.0. The molecular formula is C24H24ClN3O5. The maximum absolute atomic E-state index is 12.6. The quantitative estimate of drug-likeness (QED) is 0.539. The van der Waals surface area contributed by atoms with Gasteiger partial charge in [-0.25, -0.2) is 4.79 Å². The number of carbonyl (C=O) groups is 4. The molecule has 33 heavy (non-hydrogen) atoms. The van der Waals surface area contributed by atoms with Gasteiger partial charge in [0.2, 0.25) is 0 Å². The molecule has 2 atom stereocenters. The highest BCUT2D eigenvalue weighted by Crippen LogP contribution is 2.21. The minimum absolute atomic E-state index is 0.333. The molecule has 0 saturated heterocycles. The number of carboxylic acids is 1. The number of halogens is 1. The zero-order chi connectivity index (χ0) is 24.1. The Labute approximate surface area is 196 Å². The second-order valence-electron chi connectivity index (χ2n) is 7.88. The number of carboxylic acid groups (broad SMARTS) is 1. The van der Waals surface area contributed by atoms with E-state index >= 15 is 0 Å². The minimum Gasteiger partial charge on any atom is -0.481 e. The van der Waals surface area contributed by atoms with Crippen LogP contribution in [0.4, 0.5) is 4.79 Å². The molecule has 172 valence electrons. The Morgan fingerprint density at radius 3 is 2.48 bits per heavy atom. The number of Topliss-reactive ketones (excluding diaryl/α,β-unsaturated/α-hetero) is 1. The lowest BCUT2D eigenvalue weighted by molar-refractivity contribution is -0.138. The van der Waals surface area contributed by atoms with Crippen LogP contribution in [0.2, 0.25) is 5.02 Å². The van der Waals surface area contributed by atoms with Crippen LogP contribution in [0, 0.1) is 0 Å². The molecular weight excluding hydrogens is 446 g/mol. The lowest BCUT2D eigenvalue weighted by atomic mass is 9.98. The van der Waals surface area contributed by atoms with E-state index < -0.39 is 35.8 Å². The van der Waals surface area contributed by atoms with E-state index in [4.69, 9.17) is 11.6 Å². The van der Waals surface area contributed by atoms with Crippen molar-refractivity contribution in [1.29, 1.82) is 0 Å². The molecule has 1 heterocycles. The number of aliphatic carboxylic acids is 1. The summed E-state index contributed by atoms with van der Waals surface area (Å²) < 4.78 is 0. The Bertz CT molecular complexity index is 1110. The molecule has 0 bridgehead atoms. The summed E-state index contributed by atoms with van der Waals surface area (Å²) in [7, 11) is 1.49. The Morgan fingerprint density at radius 2 is 1.82 bits per heavy atom. The van der Waals surface area contributed by atoms with Gasteiger partial charge in [-0.2, -0.15) is 0 Å². The number of hydrogen-bond donors (Lipinski definition) is 3. The molecule has 0 aliphatic carbocycles. The largest absolute Gasteiger partial charge is 0.481 e. The van der Waals surface area contributed by atoms with Crippen molar-refractivity contribution < 1.29 is 24.3 Å². The van der Waals surface area contributed by atoms with Crippen molar-refractivity contribution in [3.05, 3.63) is 82.0 Å². The summed E-state index contributed by atoms with van der Waals surface area (Å²) >= 11 is 5.93. The number of carbonyl (C=O) groups excluding carboxylic acids is 3. The van der Waals surface area contributed by atoms with Crippen LogP contribution >= 0.6 is 11.6 Å². The van der Waals surface area contributed by atoms with Crippen LogP contribution in [0.5, 0.6) is 0 Å². The fourth-order valence-electron chi connectivity index (χ4n) is 3.60. The predicted octanol–water partition coefficient (Wildman–Crippen LogP) is 3.06. The third-order valence-electron chi connectivity index (χ3n) is 5.27. The van der Waals surface area contributed by atoms with Gasteiger partial charge < -0.3 is 20.6 Å². The summed E-state index contributed by atoms with van der Waals surface area (Å²) in [6.07, 6.45) is 1.63. The fourth-order valence-corrected chi connectivity index (χ4v) is 3.73. The van der Waals surface area contributed by atoms with Gasteiger partial charge in [0.05, 0.1) is 12.5 Å². The first-order valence-electron chi connectivity index (χ1n) is 10.3. The Morgan fingerprint density at radius 1 is 1.12 bits per heavy atom. The van der Waals surface area contributed by atoms with E-state index in [-0.39, 0.29) is 6.42 Å². The number of benzene rings is 2. The average Bonchev–Trinajstić information content (AvgIpc) is 2.76. The van der Waals surface area contributed by atoms with Gasteiger partial charge in [0, 0.05) is 23.8 Å². The first-order chi connectivity index (χ1) is 15.6. The number of amides is 3. The van der Waals surface area contributed by atoms with Crippen LogP contribution in [-0.2, 0) is 20.8 Å². The molecule has 2 unspecified atom stereocenters. The van der Waals surface area contributed by atoms with Crippen molar-refractivity contribution in [2.45, 2.75) is 31.8 Å². The Balaban J connectivity index is 1.76. The van der Waals surface area contributed by atoms with Crippen molar-refractivity contribution in [2.75, 3.05) is 7.05 Å². The van der Waals surface area contributed by atoms with Gasteiger partial charge in [0.15, 0.2) is 11.8 Å². The molecule has 3 rings (SSSR count). The lowest BCUT2D eigenvalue weighted by Gasteiger charge is -2.27. The maximum Gasteiger partial charge on any atom is 0.316 e. The van der Waals surface area contributed by atoms with Crippen molar-refractivity contribution in [1.82, 2.24) is 15.5 Å². The van der Waals surface area contributed by atoms with Gasteiger partial charge in [-0.05, 0) is 42.2 Å². The van der Waals surface area contributed by atoms with E-state index in [9.17, 15) is 24.3 Å². The zero-order valence-electron chi connectivity index (χ0n) is 18.2. The van der Waals surface area contributed by atoms with Crippen molar-refractivity contribution in [2.24, 2.45) is 0 Å². The first-order valence-corrected chi connectivity index (χ1v) is 10.6. The van der Waals surface area contributed by atoms with Crippen LogP contribution in [0.25, 0.3) is 0 Å². The van der Waals surface area contributed by atoms with Crippen LogP contribution in [0.15, 0.2) is 60.3 Å².